The SMILES string of the molecule is CCC1CN(Cc2ccc(OC)cc2)C1=O. The van der Waals surface area contributed by atoms with E-state index < -0.39 is 0 Å². The van der Waals surface area contributed by atoms with Gasteiger partial charge >= 0.3 is 0 Å². The van der Waals surface area contributed by atoms with E-state index in [1.54, 1.807) is 7.11 Å². The van der Waals surface area contributed by atoms with Crippen molar-refractivity contribution in [2.75, 3.05) is 13.7 Å². The number of carbonyl (C=O) groups is 1. The lowest BCUT2D eigenvalue weighted by Gasteiger charge is -2.38. The molecule has 0 bridgehead atoms. The van der Waals surface area contributed by atoms with Crippen LogP contribution < -0.4 is 4.74 Å². The van der Waals surface area contributed by atoms with Gasteiger partial charge in [-0.3, -0.25) is 4.79 Å². The Morgan fingerprint density at radius 3 is 2.56 bits per heavy atom. The summed E-state index contributed by atoms with van der Waals surface area (Å²) < 4.78 is 5.09. The highest BCUT2D eigenvalue weighted by molar-refractivity contribution is 5.84. The van der Waals surface area contributed by atoms with E-state index in [4.69, 9.17) is 4.74 Å². The molecule has 0 spiro atoms. The second-order valence-corrected chi connectivity index (χ2v) is 4.17. The third-order valence-corrected chi connectivity index (χ3v) is 3.13. The van der Waals surface area contributed by atoms with Crippen molar-refractivity contribution < 1.29 is 9.53 Å². The predicted octanol–water partition coefficient (Wildman–Crippen LogP) is 2.06. The van der Waals surface area contributed by atoms with Crippen LogP contribution in [0.5, 0.6) is 5.75 Å². The molecular formula is C13H17NO2. The molecule has 1 fully saturated rings. The number of benzene rings is 1. The normalized spacial score (nSPS) is 19.5. The summed E-state index contributed by atoms with van der Waals surface area (Å²) in [4.78, 5) is 13.5. The lowest BCUT2D eigenvalue weighted by Crippen LogP contribution is -2.51. The first-order valence-electron chi connectivity index (χ1n) is 5.66. The van der Waals surface area contributed by atoms with Crippen LogP contribution in [0.1, 0.15) is 18.9 Å². The van der Waals surface area contributed by atoms with Crippen LogP contribution in [0.2, 0.25) is 0 Å². The molecule has 2 rings (SSSR count). The van der Waals surface area contributed by atoms with Gasteiger partial charge in [0.15, 0.2) is 0 Å². The van der Waals surface area contributed by atoms with E-state index >= 15 is 0 Å². The van der Waals surface area contributed by atoms with Crippen molar-refractivity contribution in [3.8, 4) is 5.75 Å². The first-order valence-corrected chi connectivity index (χ1v) is 5.66. The fourth-order valence-corrected chi connectivity index (χ4v) is 1.98. The zero-order valence-electron chi connectivity index (χ0n) is 9.77. The number of hydrogen-bond donors (Lipinski definition) is 0. The first-order chi connectivity index (χ1) is 7.74. The molecule has 0 radical (unpaired) electrons. The fourth-order valence-electron chi connectivity index (χ4n) is 1.98. The summed E-state index contributed by atoms with van der Waals surface area (Å²) in [5.74, 6) is 1.40. The fraction of sp³-hybridized carbons (Fsp3) is 0.462. The number of rotatable bonds is 4. The molecule has 16 heavy (non-hydrogen) atoms. The molecule has 0 N–H and O–H groups in total. The van der Waals surface area contributed by atoms with Crippen LogP contribution in [0.3, 0.4) is 0 Å². The summed E-state index contributed by atoms with van der Waals surface area (Å²) in [7, 11) is 1.65. The predicted molar refractivity (Wildman–Crippen MR) is 62.2 cm³/mol. The number of amides is 1. The van der Waals surface area contributed by atoms with Crippen LogP contribution in [-0.4, -0.2) is 24.5 Å². The van der Waals surface area contributed by atoms with Gasteiger partial charge in [-0.05, 0) is 24.1 Å². The Bertz CT molecular complexity index is 372. The monoisotopic (exact) mass is 219 g/mol. The molecule has 86 valence electrons. The van der Waals surface area contributed by atoms with Crippen molar-refractivity contribution in [2.24, 2.45) is 5.92 Å². The van der Waals surface area contributed by atoms with Crippen LogP contribution in [0, 0.1) is 5.92 Å². The van der Waals surface area contributed by atoms with Crippen molar-refractivity contribution in [1.82, 2.24) is 4.90 Å². The average molecular weight is 219 g/mol. The Balaban J connectivity index is 1.93. The van der Waals surface area contributed by atoms with Gasteiger partial charge in [0.25, 0.3) is 0 Å². The highest BCUT2D eigenvalue weighted by atomic mass is 16.5. The third-order valence-electron chi connectivity index (χ3n) is 3.13. The molecule has 1 aliphatic heterocycles. The summed E-state index contributed by atoms with van der Waals surface area (Å²) in [5.41, 5.74) is 1.16. The topological polar surface area (TPSA) is 29.5 Å². The van der Waals surface area contributed by atoms with E-state index in [9.17, 15) is 4.79 Å². The maximum Gasteiger partial charge on any atom is 0.227 e. The summed E-state index contributed by atoms with van der Waals surface area (Å²) in [5, 5.41) is 0. The van der Waals surface area contributed by atoms with Crippen molar-refractivity contribution >= 4 is 5.91 Å². The van der Waals surface area contributed by atoms with Crippen LogP contribution in [0.25, 0.3) is 0 Å². The molecule has 0 aromatic heterocycles. The molecule has 1 unspecified atom stereocenters. The van der Waals surface area contributed by atoms with Crippen molar-refractivity contribution in [3.05, 3.63) is 29.8 Å². The zero-order chi connectivity index (χ0) is 11.5. The molecule has 3 heteroatoms. The quantitative estimate of drug-likeness (QED) is 0.725. The molecule has 3 nitrogen and oxygen atoms in total. The van der Waals surface area contributed by atoms with Crippen LogP contribution in [0.4, 0.5) is 0 Å². The van der Waals surface area contributed by atoms with Gasteiger partial charge in [-0.15, -0.1) is 0 Å². The van der Waals surface area contributed by atoms with Gasteiger partial charge in [-0.2, -0.15) is 0 Å². The zero-order valence-corrected chi connectivity index (χ0v) is 9.77. The average Bonchev–Trinajstić information content (AvgIpc) is 2.34. The summed E-state index contributed by atoms with van der Waals surface area (Å²) in [6, 6.07) is 7.87. The Morgan fingerprint density at radius 1 is 1.38 bits per heavy atom. The van der Waals surface area contributed by atoms with E-state index in [-0.39, 0.29) is 5.92 Å². The van der Waals surface area contributed by atoms with Crippen LogP contribution in [-0.2, 0) is 11.3 Å². The van der Waals surface area contributed by atoms with Crippen LogP contribution >= 0.6 is 0 Å². The van der Waals surface area contributed by atoms with E-state index in [1.165, 1.54) is 0 Å². The van der Waals surface area contributed by atoms with Crippen molar-refractivity contribution in [2.45, 2.75) is 19.9 Å². The molecule has 1 aromatic carbocycles. The number of β-lactam (4-membered cyclic amide) rings is 1. The Hall–Kier alpha value is -1.51. The van der Waals surface area contributed by atoms with Gasteiger partial charge in [-0.25, -0.2) is 0 Å². The number of ether oxygens (including phenoxy) is 1. The van der Waals surface area contributed by atoms with Crippen molar-refractivity contribution in [1.29, 1.82) is 0 Å². The molecule has 1 saturated heterocycles. The number of methoxy groups -OCH3 is 1. The second kappa shape index (κ2) is 4.56. The van der Waals surface area contributed by atoms with Gasteiger partial charge in [-0.1, -0.05) is 19.1 Å². The summed E-state index contributed by atoms with van der Waals surface area (Å²) in [6.45, 7) is 3.69. The number of nitrogens with zero attached hydrogens (tertiary/aromatic N) is 1. The van der Waals surface area contributed by atoms with E-state index in [2.05, 4.69) is 6.92 Å². The minimum Gasteiger partial charge on any atom is -0.497 e. The van der Waals surface area contributed by atoms with Gasteiger partial charge in [0.05, 0.1) is 13.0 Å². The van der Waals surface area contributed by atoms with Crippen molar-refractivity contribution in [3.63, 3.8) is 0 Å². The molecular weight excluding hydrogens is 202 g/mol. The lowest BCUT2D eigenvalue weighted by atomic mass is 9.95. The Kier molecular flexibility index (Phi) is 3.13. The molecule has 0 aliphatic carbocycles. The Labute approximate surface area is 96.0 Å². The molecule has 1 amide bonds. The minimum absolute atomic E-state index is 0.262. The first kappa shape index (κ1) is 11.0. The van der Waals surface area contributed by atoms with Crippen LogP contribution in [0.15, 0.2) is 24.3 Å². The minimum atomic E-state index is 0.262. The van der Waals surface area contributed by atoms with Gasteiger partial charge in [0, 0.05) is 13.1 Å². The highest BCUT2D eigenvalue weighted by Gasteiger charge is 2.34. The third kappa shape index (κ3) is 2.03. The summed E-state index contributed by atoms with van der Waals surface area (Å²) in [6.07, 6.45) is 0.956. The maximum atomic E-state index is 11.6. The smallest absolute Gasteiger partial charge is 0.227 e. The molecule has 1 aromatic rings. The van der Waals surface area contributed by atoms with E-state index in [0.29, 0.717) is 5.91 Å². The molecule has 1 heterocycles. The number of hydrogen-bond acceptors (Lipinski definition) is 2. The largest absolute Gasteiger partial charge is 0.497 e. The summed E-state index contributed by atoms with van der Waals surface area (Å²) >= 11 is 0. The standard InChI is InChI=1S/C13H17NO2/c1-3-11-9-14(13(11)15)8-10-4-6-12(16-2)7-5-10/h4-7,11H,3,8-9H2,1-2H3. The van der Waals surface area contributed by atoms with E-state index in [0.717, 1.165) is 30.8 Å². The lowest BCUT2D eigenvalue weighted by molar-refractivity contribution is -0.148. The number of likely N-dealkylation sites (tertiary alicyclic amines) is 1. The molecule has 1 aliphatic rings. The van der Waals surface area contributed by atoms with Gasteiger partial charge in [0.1, 0.15) is 5.75 Å². The molecule has 0 saturated carbocycles. The number of carbonyl (C=O) groups excluding carboxylic acids is 1. The van der Waals surface area contributed by atoms with Gasteiger partial charge in [0.2, 0.25) is 5.91 Å². The molecule has 1 atom stereocenters. The Morgan fingerprint density at radius 2 is 2.06 bits per heavy atom. The van der Waals surface area contributed by atoms with E-state index in [1.807, 2.05) is 29.2 Å². The highest BCUT2D eigenvalue weighted by Crippen LogP contribution is 2.23. The second-order valence-electron chi connectivity index (χ2n) is 4.17. The maximum absolute atomic E-state index is 11.6. The van der Waals surface area contributed by atoms with Gasteiger partial charge < -0.3 is 9.64 Å².